The molecule has 0 aromatic heterocycles. The summed E-state index contributed by atoms with van der Waals surface area (Å²) in [4.78, 5) is 0. The lowest BCUT2D eigenvalue weighted by atomic mass is 10.4. The van der Waals surface area contributed by atoms with Gasteiger partial charge in [-0.05, 0) is 0 Å². The van der Waals surface area contributed by atoms with Crippen molar-refractivity contribution in [3.63, 3.8) is 0 Å². The van der Waals surface area contributed by atoms with Crippen molar-refractivity contribution in [2.24, 2.45) is 0 Å². The molecule has 0 unspecified atom stereocenters. The molecule has 1 aliphatic rings. The van der Waals surface area contributed by atoms with E-state index in [4.69, 9.17) is 0 Å². The standard InChI is InChI=1S/C6H12S2/c1-5-6(2)8-4-3-7-5/h5-6H,3-4H2,1-2H3/t5-,6+. The van der Waals surface area contributed by atoms with Crippen LogP contribution < -0.4 is 0 Å². The zero-order valence-corrected chi connectivity index (χ0v) is 7.02. The van der Waals surface area contributed by atoms with E-state index in [0.717, 1.165) is 10.5 Å². The fourth-order valence-electron chi connectivity index (χ4n) is 0.739. The van der Waals surface area contributed by atoms with Crippen molar-refractivity contribution < 1.29 is 0 Å². The number of hydrogen-bond acceptors (Lipinski definition) is 2. The average Bonchev–Trinajstić information content (AvgIpc) is 1.77. The van der Waals surface area contributed by atoms with E-state index in [2.05, 4.69) is 37.4 Å². The maximum atomic E-state index is 2.32. The van der Waals surface area contributed by atoms with Crippen molar-refractivity contribution in [2.45, 2.75) is 24.3 Å². The van der Waals surface area contributed by atoms with Gasteiger partial charge in [0, 0.05) is 22.0 Å². The molecule has 48 valence electrons. The van der Waals surface area contributed by atoms with E-state index in [9.17, 15) is 0 Å². The predicted octanol–water partition coefficient (Wildman–Crippen LogP) is 2.24. The Kier molecular flexibility index (Phi) is 2.57. The quantitative estimate of drug-likeness (QED) is 0.517. The van der Waals surface area contributed by atoms with Crippen molar-refractivity contribution in [1.29, 1.82) is 0 Å². The summed E-state index contributed by atoms with van der Waals surface area (Å²) in [5, 5.41) is 1.77. The molecule has 0 aromatic carbocycles. The predicted molar refractivity (Wildman–Crippen MR) is 43.8 cm³/mol. The lowest BCUT2D eigenvalue weighted by molar-refractivity contribution is 0.918. The van der Waals surface area contributed by atoms with E-state index in [1.807, 2.05) is 0 Å². The molecule has 2 atom stereocenters. The van der Waals surface area contributed by atoms with Gasteiger partial charge < -0.3 is 0 Å². The minimum atomic E-state index is 0.883. The average molecular weight is 148 g/mol. The Balaban J connectivity index is 2.28. The van der Waals surface area contributed by atoms with Crippen LogP contribution >= 0.6 is 23.5 Å². The van der Waals surface area contributed by atoms with Crippen LogP contribution in [0.2, 0.25) is 0 Å². The molecule has 1 fully saturated rings. The molecule has 8 heavy (non-hydrogen) atoms. The van der Waals surface area contributed by atoms with E-state index in [0.29, 0.717) is 0 Å². The molecule has 1 aliphatic heterocycles. The van der Waals surface area contributed by atoms with Crippen molar-refractivity contribution in [3.8, 4) is 0 Å². The molecule has 0 radical (unpaired) electrons. The summed E-state index contributed by atoms with van der Waals surface area (Å²) in [6.07, 6.45) is 0. The van der Waals surface area contributed by atoms with Gasteiger partial charge in [-0.1, -0.05) is 13.8 Å². The second-order valence-electron chi connectivity index (χ2n) is 2.15. The summed E-state index contributed by atoms with van der Waals surface area (Å²) < 4.78 is 0. The topological polar surface area (TPSA) is 0 Å². The van der Waals surface area contributed by atoms with Crippen molar-refractivity contribution in [1.82, 2.24) is 0 Å². The highest BCUT2D eigenvalue weighted by Crippen LogP contribution is 2.29. The van der Waals surface area contributed by atoms with E-state index < -0.39 is 0 Å². The molecule has 1 heterocycles. The van der Waals surface area contributed by atoms with Crippen LogP contribution in [0.25, 0.3) is 0 Å². The first-order valence-corrected chi connectivity index (χ1v) is 5.13. The van der Waals surface area contributed by atoms with Gasteiger partial charge in [-0.15, -0.1) is 0 Å². The zero-order chi connectivity index (χ0) is 5.98. The molecule has 0 aromatic rings. The van der Waals surface area contributed by atoms with Gasteiger partial charge in [-0.2, -0.15) is 23.5 Å². The zero-order valence-electron chi connectivity index (χ0n) is 5.39. The van der Waals surface area contributed by atoms with Gasteiger partial charge in [0.2, 0.25) is 0 Å². The Morgan fingerprint density at radius 1 is 1.00 bits per heavy atom. The summed E-state index contributed by atoms with van der Waals surface area (Å²) in [6.45, 7) is 4.64. The third-order valence-electron chi connectivity index (χ3n) is 1.51. The number of hydrogen-bond donors (Lipinski definition) is 0. The van der Waals surface area contributed by atoms with Gasteiger partial charge >= 0.3 is 0 Å². The summed E-state index contributed by atoms with van der Waals surface area (Å²) in [5.74, 6) is 2.71. The number of rotatable bonds is 0. The highest BCUT2D eigenvalue weighted by Gasteiger charge is 2.16. The van der Waals surface area contributed by atoms with Crippen LogP contribution in [0.1, 0.15) is 13.8 Å². The minimum absolute atomic E-state index is 0.883. The SMILES string of the molecule is C[C@@H]1SCCS[C@@H]1C. The van der Waals surface area contributed by atoms with E-state index in [1.54, 1.807) is 0 Å². The highest BCUT2D eigenvalue weighted by atomic mass is 32.2. The summed E-state index contributed by atoms with van der Waals surface area (Å²) in [7, 11) is 0. The molecule has 1 saturated heterocycles. The molecular weight excluding hydrogens is 136 g/mol. The van der Waals surface area contributed by atoms with Gasteiger partial charge in [0.25, 0.3) is 0 Å². The highest BCUT2D eigenvalue weighted by molar-refractivity contribution is 8.07. The molecule has 0 aliphatic carbocycles. The molecular formula is C6H12S2. The van der Waals surface area contributed by atoms with Gasteiger partial charge in [0.05, 0.1) is 0 Å². The maximum Gasteiger partial charge on any atom is 0.0135 e. The van der Waals surface area contributed by atoms with Gasteiger partial charge in [0.1, 0.15) is 0 Å². The Morgan fingerprint density at radius 2 is 1.38 bits per heavy atom. The van der Waals surface area contributed by atoms with Gasteiger partial charge in [0.15, 0.2) is 0 Å². The van der Waals surface area contributed by atoms with Crippen LogP contribution in [0.3, 0.4) is 0 Å². The lowest BCUT2D eigenvalue weighted by Gasteiger charge is -2.23. The second kappa shape index (κ2) is 3.02. The fraction of sp³-hybridized carbons (Fsp3) is 1.00. The monoisotopic (exact) mass is 148 g/mol. The Hall–Kier alpha value is 0.700. The summed E-state index contributed by atoms with van der Waals surface area (Å²) >= 11 is 4.21. The first-order chi connectivity index (χ1) is 3.80. The Morgan fingerprint density at radius 3 is 1.62 bits per heavy atom. The molecule has 0 amide bonds. The lowest BCUT2D eigenvalue weighted by Crippen LogP contribution is -2.18. The van der Waals surface area contributed by atoms with Crippen LogP contribution in [0.4, 0.5) is 0 Å². The van der Waals surface area contributed by atoms with E-state index in [-0.39, 0.29) is 0 Å². The van der Waals surface area contributed by atoms with Crippen LogP contribution in [-0.4, -0.2) is 22.0 Å². The largest absolute Gasteiger partial charge is 0.157 e. The van der Waals surface area contributed by atoms with Crippen molar-refractivity contribution >= 4 is 23.5 Å². The van der Waals surface area contributed by atoms with Crippen molar-refractivity contribution in [2.75, 3.05) is 11.5 Å². The van der Waals surface area contributed by atoms with Crippen LogP contribution in [0.15, 0.2) is 0 Å². The maximum absolute atomic E-state index is 2.32. The molecule has 2 heteroatoms. The van der Waals surface area contributed by atoms with Crippen LogP contribution in [-0.2, 0) is 0 Å². The molecule has 0 spiro atoms. The molecule has 0 bridgehead atoms. The Labute approximate surface area is 59.8 Å². The molecule has 1 rings (SSSR count). The van der Waals surface area contributed by atoms with Crippen LogP contribution in [0.5, 0.6) is 0 Å². The third kappa shape index (κ3) is 1.59. The second-order valence-corrected chi connectivity index (χ2v) is 5.12. The van der Waals surface area contributed by atoms with E-state index in [1.165, 1.54) is 11.5 Å². The van der Waals surface area contributed by atoms with Gasteiger partial charge in [-0.25, -0.2) is 0 Å². The summed E-state index contributed by atoms with van der Waals surface area (Å²) in [6, 6.07) is 0. The normalized spacial score (nSPS) is 39.8. The molecule has 0 nitrogen and oxygen atoms in total. The smallest absolute Gasteiger partial charge is 0.0135 e. The molecule has 0 saturated carbocycles. The fourth-order valence-corrected chi connectivity index (χ4v) is 3.27. The molecule has 0 N–H and O–H groups in total. The van der Waals surface area contributed by atoms with Crippen LogP contribution in [0, 0.1) is 0 Å². The first kappa shape index (κ1) is 6.81. The van der Waals surface area contributed by atoms with Crippen molar-refractivity contribution in [3.05, 3.63) is 0 Å². The van der Waals surface area contributed by atoms with Gasteiger partial charge in [-0.3, -0.25) is 0 Å². The number of thioether (sulfide) groups is 2. The minimum Gasteiger partial charge on any atom is -0.157 e. The first-order valence-electron chi connectivity index (χ1n) is 3.04. The van der Waals surface area contributed by atoms with E-state index >= 15 is 0 Å². The summed E-state index contributed by atoms with van der Waals surface area (Å²) in [5.41, 5.74) is 0. The third-order valence-corrected chi connectivity index (χ3v) is 4.68. The Bertz CT molecular complexity index is 62.9.